The molecule has 0 aromatic carbocycles. The summed E-state index contributed by atoms with van der Waals surface area (Å²) in [7, 11) is 0. The van der Waals surface area contributed by atoms with Crippen molar-refractivity contribution in [1.82, 2.24) is 10.2 Å². The molecular weight excluding hydrogens is 244 g/mol. The van der Waals surface area contributed by atoms with Crippen LogP contribution < -0.4 is 5.32 Å². The van der Waals surface area contributed by atoms with E-state index in [4.69, 9.17) is 14.9 Å². The summed E-state index contributed by atoms with van der Waals surface area (Å²) in [5.41, 5.74) is 0. The third kappa shape index (κ3) is 3.88. The number of aliphatic carboxylic acids is 2. The van der Waals surface area contributed by atoms with E-state index in [-0.39, 0.29) is 6.04 Å². The normalized spacial score (nSPS) is 21.2. The van der Waals surface area contributed by atoms with Crippen molar-refractivity contribution in [3.8, 4) is 0 Å². The number of ether oxygens (including phenoxy) is 1. The Labute approximate surface area is 104 Å². The third-order valence-electron chi connectivity index (χ3n) is 2.60. The maximum absolute atomic E-state index is 11.8. The number of hydrogen-bond donors (Lipinski definition) is 3. The molecule has 1 unspecified atom stereocenters. The zero-order valence-corrected chi connectivity index (χ0v) is 9.96. The molecule has 0 aromatic rings. The molecule has 2 atom stereocenters. The largest absolute Gasteiger partial charge is 0.481 e. The van der Waals surface area contributed by atoms with Crippen molar-refractivity contribution in [2.24, 2.45) is 0 Å². The lowest BCUT2D eigenvalue weighted by atomic mass is 10.2. The van der Waals surface area contributed by atoms with Crippen LogP contribution >= 0.6 is 0 Å². The Bertz CT molecular complexity index is 345. The standard InChI is InChI=1S/C10H16N2O6/c1-6-5-18-3-2-12(6)10(17)11-7(9(15)16)4-8(13)14/h6-7H,2-5H2,1H3,(H,11,17)(H,13,14)(H,15,16)/t6?,7-/m0/s1. The lowest BCUT2D eigenvalue weighted by molar-refractivity contribution is -0.145. The van der Waals surface area contributed by atoms with Crippen LogP contribution in [-0.2, 0) is 14.3 Å². The Kier molecular flexibility index (Phi) is 4.90. The van der Waals surface area contributed by atoms with Crippen LogP contribution in [0, 0.1) is 0 Å². The van der Waals surface area contributed by atoms with E-state index >= 15 is 0 Å². The number of urea groups is 1. The van der Waals surface area contributed by atoms with Gasteiger partial charge in [0.25, 0.3) is 0 Å². The van der Waals surface area contributed by atoms with Crippen molar-refractivity contribution < 1.29 is 29.3 Å². The van der Waals surface area contributed by atoms with Crippen LogP contribution in [-0.4, -0.2) is 64.9 Å². The Balaban J connectivity index is 2.59. The topological polar surface area (TPSA) is 116 Å². The number of hydrogen-bond acceptors (Lipinski definition) is 4. The zero-order chi connectivity index (χ0) is 13.7. The van der Waals surface area contributed by atoms with Gasteiger partial charge in [-0.1, -0.05) is 0 Å². The second kappa shape index (κ2) is 6.20. The third-order valence-corrected chi connectivity index (χ3v) is 2.60. The first-order valence-electron chi connectivity index (χ1n) is 5.51. The van der Waals surface area contributed by atoms with Crippen molar-refractivity contribution in [2.45, 2.75) is 25.4 Å². The van der Waals surface area contributed by atoms with Crippen molar-refractivity contribution >= 4 is 18.0 Å². The molecule has 0 aromatic heterocycles. The van der Waals surface area contributed by atoms with Crippen LogP contribution in [0.3, 0.4) is 0 Å². The van der Waals surface area contributed by atoms with Crippen LogP contribution in [0.25, 0.3) is 0 Å². The molecule has 0 saturated carbocycles. The highest BCUT2D eigenvalue weighted by atomic mass is 16.5. The molecule has 8 nitrogen and oxygen atoms in total. The first kappa shape index (κ1) is 14.2. The lowest BCUT2D eigenvalue weighted by Crippen LogP contribution is -2.55. The highest BCUT2D eigenvalue weighted by molar-refractivity contribution is 5.86. The van der Waals surface area contributed by atoms with Gasteiger partial charge in [0.15, 0.2) is 0 Å². The summed E-state index contributed by atoms with van der Waals surface area (Å²) in [6.07, 6.45) is -0.653. The fourth-order valence-corrected chi connectivity index (χ4v) is 1.64. The monoisotopic (exact) mass is 260 g/mol. The Morgan fingerprint density at radius 2 is 2.11 bits per heavy atom. The van der Waals surface area contributed by atoms with Crippen LogP contribution in [0.1, 0.15) is 13.3 Å². The summed E-state index contributed by atoms with van der Waals surface area (Å²) in [6.45, 7) is 2.89. The van der Waals surface area contributed by atoms with Crippen molar-refractivity contribution in [2.75, 3.05) is 19.8 Å². The second-order valence-electron chi connectivity index (χ2n) is 4.06. The molecule has 1 rings (SSSR count). The van der Waals surface area contributed by atoms with Gasteiger partial charge in [0.2, 0.25) is 0 Å². The molecule has 8 heteroatoms. The highest BCUT2D eigenvalue weighted by Crippen LogP contribution is 2.07. The number of nitrogens with zero attached hydrogens (tertiary/aromatic N) is 1. The molecule has 102 valence electrons. The average Bonchev–Trinajstić information content (AvgIpc) is 2.27. The van der Waals surface area contributed by atoms with E-state index in [1.165, 1.54) is 4.90 Å². The van der Waals surface area contributed by atoms with Crippen LogP contribution in [0.5, 0.6) is 0 Å². The van der Waals surface area contributed by atoms with Crippen molar-refractivity contribution in [1.29, 1.82) is 0 Å². The fourth-order valence-electron chi connectivity index (χ4n) is 1.64. The number of carbonyl (C=O) groups excluding carboxylic acids is 1. The molecule has 1 aliphatic heterocycles. The summed E-state index contributed by atoms with van der Waals surface area (Å²) >= 11 is 0. The van der Waals surface area contributed by atoms with E-state index in [2.05, 4.69) is 5.32 Å². The number of nitrogens with one attached hydrogen (secondary N) is 1. The Hall–Kier alpha value is -1.83. The van der Waals surface area contributed by atoms with Gasteiger partial charge in [0, 0.05) is 6.54 Å². The van der Waals surface area contributed by atoms with E-state index in [9.17, 15) is 14.4 Å². The molecule has 0 aliphatic carbocycles. The van der Waals surface area contributed by atoms with Gasteiger partial charge >= 0.3 is 18.0 Å². The minimum Gasteiger partial charge on any atom is -0.481 e. The molecule has 0 bridgehead atoms. The molecule has 1 heterocycles. The number of carboxylic acid groups (broad SMARTS) is 2. The Morgan fingerprint density at radius 1 is 1.44 bits per heavy atom. The van der Waals surface area contributed by atoms with E-state index in [0.717, 1.165) is 0 Å². The maximum Gasteiger partial charge on any atom is 0.326 e. The molecule has 3 N–H and O–H groups in total. The minimum absolute atomic E-state index is 0.168. The molecule has 0 radical (unpaired) electrons. The Morgan fingerprint density at radius 3 is 2.61 bits per heavy atom. The zero-order valence-electron chi connectivity index (χ0n) is 9.96. The van der Waals surface area contributed by atoms with E-state index in [0.29, 0.717) is 19.8 Å². The first-order chi connectivity index (χ1) is 8.41. The van der Waals surface area contributed by atoms with Crippen molar-refractivity contribution in [3.05, 3.63) is 0 Å². The number of rotatable bonds is 4. The number of carboxylic acids is 2. The van der Waals surface area contributed by atoms with Gasteiger partial charge in [-0.2, -0.15) is 0 Å². The molecular formula is C10H16N2O6. The van der Waals surface area contributed by atoms with Crippen LogP contribution in [0.15, 0.2) is 0 Å². The van der Waals surface area contributed by atoms with Crippen LogP contribution in [0.2, 0.25) is 0 Å². The summed E-state index contributed by atoms with van der Waals surface area (Å²) < 4.78 is 5.15. The van der Waals surface area contributed by atoms with Gasteiger partial charge in [-0.05, 0) is 6.92 Å². The van der Waals surface area contributed by atoms with Gasteiger partial charge in [-0.25, -0.2) is 9.59 Å². The van der Waals surface area contributed by atoms with Crippen molar-refractivity contribution in [3.63, 3.8) is 0 Å². The predicted molar refractivity (Wildman–Crippen MR) is 59.2 cm³/mol. The van der Waals surface area contributed by atoms with Gasteiger partial charge < -0.3 is 25.2 Å². The number of amides is 2. The van der Waals surface area contributed by atoms with E-state index < -0.39 is 30.4 Å². The van der Waals surface area contributed by atoms with Gasteiger partial charge in [-0.3, -0.25) is 4.79 Å². The maximum atomic E-state index is 11.8. The molecule has 1 fully saturated rings. The number of morpholine rings is 1. The SMILES string of the molecule is CC1COCCN1C(=O)N[C@@H](CC(=O)O)C(=O)O. The molecule has 2 amide bonds. The smallest absolute Gasteiger partial charge is 0.326 e. The van der Waals surface area contributed by atoms with E-state index in [1.54, 1.807) is 6.92 Å². The van der Waals surface area contributed by atoms with Gasteiger partial charge in [0.05, 0.1) is 25.7 Å². The summed E-state index contributed by atoms with van der Waals surface area (Å²) in [4.78, 5) is 34.5. The molecule has 18 heavy (non-hydrogen) atoms. The summed E-state index contributed by atoms with van der Waals surface area (Å²) in [6, 6.07) is -2.18. The molecule has 0 spiro atoms. The average molecular weight is 260 g/mol. The van der Waals surface area contributed by atoms with Gasteiger partial charge in [0.1, 0.15) is 6.04 Å². The van der Waals surface area contributed by atoms with Crippen LogP contribution in [0.4, 0.5) is 4.79 Å². The quantitative estimate of drug-likeness (QED) is 0.618. The predicted octanol–water partition coefficient (Wildman–Crippen LogP) is -0.655. The highest BCUT2D eigenvalue weighted by Gasteiger charge is 2.29. The number of carbonyl (C=O) groups is 3. The summed E-state index contributed by atoms with van der Waals surface area (Å²) in [5, 5.41) is 19.6. The van der Waals surface area contributed by atoms with Gasteiger partial charge in [-0.15, -0.1) is 0 Å². The summed E-state index contributed by atoms with van der Waals surface area (Å²) in [5.74, 6) is -2.65. The lowest BCUT2D eigenvalue weighted by Gasteiger charge is -2.33. The molecule has 1 aliphatic rings. The van der Waals surface area contributed by atoms with E-state index in [1.807, 2.05) is 0 Å². The second-order valence-corrected chi connectivity index (χ2v) is 4.06. The molecule has 1 saturated heterocycles. The minimum atomic E-state index is -1.43. The first-order valence-corrected chi connectivity index (χ1v) is 5.51. The fraction of sp³-hybridized carbons (Fsp3) is 0.700.